The standard InChI is InChI=1S/C18H25ClN4O2/c19-15-2-1-3-16(12-15)22-10-8-21(9-11-22)13-17(24)23-6-4-14(5-7-23)18(20)25/h1-3,12,14H,4-11,13H2,(H2,20,25)/p+1. The second-order valence-corrected chi connectivity index (χ2v) is 7.39. The lowest BCUT2D eigenvalue weighted by Gasteiger charge is -2.35. The molecule has 2 aliphatic heterocycles. The van der Waals surface area contributed by atoms with Crippen LogP contribution in [0.2, 0.25) is 5.02 Å². The molecule has 3 rings (SSSR count). The molecular weight excluding hydrogens is 340 g/mol. The van der Waals surface area contributed by atoms with Gasteiger partial charge in [-0.15, -0.1) is 0 Å². The number of primary amides is 1. The number of piperidine rings is 1. The van der Waals surface area contributed by atoms with Crippen molar-refractivity contribution in [2.45, 2.75) is 12.8 Å². The minimum Gasteiger partial charge on any atom is -0.369 e. The number of rotatable bonds is 4. The van der Waals surface area contributed by atoms with Crippen LogP contribution in [-0.4, -0.2) is 62.5 Å². The molecule has 2 aliphatic rings. The van der Waals surface area contributed by atoms with Gasteiger partial charge in [0.25, 0.3) is 5.91 Å². The molecule has 0 saturated carbocycles. The van der Waals surface area contributed by atoms with E-state index in [1.807, 2.05) is 23.1 Å². The number of piperazine rings is 1. The summed E-state index contributed by atoms with van der Waals surface area (Å²) < 4.78 is 0. The number of benzene rings is 1. The van der Waals surface area contributed by atoms with Gasteiger partial charge in [-0.3, -0.25) is 9.59 Å². The van der Waals surface area contributed by atoms with E-state index in [0.717, 1.165) is 36.9 Å². The van der Waals surface area contributed by atoms with Crippen LogP contribution in [0, 0.1) is 5.92 Å². The molecule has 7 heteroatoms. The lowest BCUT2D eigenvalue weighted by Crippen LogP contribution is -3.16. The number of hydrogen-bond donors (Lipinski definition) is 2. The van der Waals surface area contributed by atoms with Gasteiger partial charge in [0, 0.05) is 29.7 Å². The first-order chi connectivity index (χ1) is 12.0. The van der Waals surface area contributed by atoms with Crippen molar-refractivity contribution in [1.29, 1.82) is 0 Å². The highest BCUT2D eigenvalue weighted by Crippen LogP contribution is 2.19. The van der Waals surface area contributed by atoms with E-state index in [2.05, 4.69) is 11.0 Å². The van der Waals surface area contributed by atoms with Crippen molar-refractivity contribution < 1.29 is 14.5 Å². The van der Waals surface area contributed by atoms with Gasteiger partial charge >= 0.3 is 0 Å². The Bertz CT molecular complexity index is 623. The molecule has 1 aromatic carbocycles. The zero-order valence-electron chi connectivity index (χ0n) is 14.4. The normalized spacial score (nSPS) is 19.9. The third-order valence-electron chi connectivity index (χ3n) is 5.30. The molecule has 1 aromatic rings. The minimum atomic E-state index is -0.241. The number of hydrogen-bond acceptors (Lipinski definition) is 3. The van der Waals surface area contributed by atoms with E-state index >= 15 is 0 Å². The summed E-state index contributed by atoms with van der Waals surface area (Å²) in [6, 6.07) is 7.91. The molecule has 0 aliphatic carbocycles. The van der Waals surface area contributed by atoms with E-state index in [0.29, 0.717) is 32.5 Å². The molecule has 0 spiro atoms. The summed E-state index contributed by atoms with van der Waals surface area (Å²) in [5, 5.41) is 0.752. The fraction of sp³-hybridized carbons (Fsp3) is 0.556. The van der Waals surface area contributed by atoms with E-state index in [-0.39, 0.29) is 17.7 Å². The zero-order valence-corrected chi connectivity index (χ0v) is 15.2. The summed E-state index contributed by atoms with van der Waals surface area (Å²) >= 11 is 6.07. The van der Waals surface area contributed by atoms with Gasteiger partial charge in [-0.05, 0) is 31.0 Å². The summed E-state index contributed by atoms with van der Waals surface area (Å²) in [6.45, 7) is 5.55. The van der Waals surface area contributed by atoms with Gasteiger partial charge in [0.1, 0.15) is 0 Å². The monoisotopic (exact) mass is 365 g/mol. The molecule has 2 saturated heterocycles. The van der Waals surface area contributed by atoms with E-state index in [4.69, 9.17) is 17.3 Å². The highest BCUT2D eigenvalue weighted by Gasteiger charge is 2.29. The number of carbonyl (C=O) groups excluding carboxylic acids is 2. The van der Waals surface area contributed by atoms with Crippen LogP contribution >= 0.6 is 11.6 Å². The first-order valence-corrected chi connectivity index (χ1v) is 9.32. The maximum atomic E-state index is 12.5. The zero-order chi connectivity index (χ0) is 17.8. The van der Waals surface area contributed by atoms with Crippen molar-refractivity contribution in [3.63, 3.8) is 0 Å². The molecule has 2 fully saturated rings. The third kappa shape index (κ3) is 4.64. The highest BCUT2D eigenvalue weighted by molar-refractivity contribution is 6.30. The Morgan fingerprint density at radius 1 is 1.16 bits per heavy atom. The largest absolute Gasteiger partial charge is 0.369 e. The molecule has 136 valence electrons. The SMILES string of the molecule is NC(=O)C1CCN(C(=O)C[NH+]2CCN(c3cccc(Cl)c3)CC2)CC1. The Balaban J connectivity index is 1.44. The Morgan fingerprint density at radius 2 is 1.84 bits per heavy atom. The topological polar surface area (TPSA) is 71.1 Å². The molecule has 0 aromatic heterocycles. The summed E-state index contributed by atoms with van der Waals surface area (Å²) in [7, 11) is 0. The van der Waals surface area contributed by atoms with Gasteiger partial charge in [0.05, 0.1) is 26.2 Å². The molecule has 0 unspecified atom stereocenters. The predicted molar refractivity (Wildman–Crippen MR) is 97.7 cm³/mol. The van der Waals surface area contributed by atoms with Gasteiger partial charge in [-0.25, -0.2) is 0 Å². The van der Waals surface area contributed by atoms with Crippen LogP contribution in [0.4, 0.5) is 5.69 Å². The van der Waals surface area contributed by atoms with Crippen LogP contribution in [0.3, 0.4) is 0 Å². The number of quaternary nitrogens is 1. The molecule has 6 nitrogen and oxygen atoms in total. The van der Waals surface area contributed by atoms with Crippen LogP contribution in [0.1, 0.15) is 12.8 Å². The van der Waals surface area contributed by atoms with E-state index < -0.39 is 0 Å². The maximum Gasteiger partial charge on any atom is 0.277 e. The highest BCUT2D eigenvalue weighted by atomic mass is 35.5. The number of carbonyl (C=O) groups is 2. The van der Waals surface area contributed by atoms with Crippen molar-refractivity contribution in [2.24, 2.45) is 11.7 Å². The number of amides is 2. The summed E-state index contributed by atoms with van der Waals surface area (Å²) in [5.41, 5.74) is 6.49. The van der Waals surface area contributed by atoms with Crippen molar-refractivity contribution >= 4 is 29.1 Å². The van der Waals surface area contributed by atoms with Crippen LogP contribution in [0.15, 0.2) is 24.3 Å². The number of nitrogens with one attached hydrogen (secondary N) is 1. The third-order valence-corrected chi connectivity index (χ3v) is 5.53. The second-order valence-electron chi connectivity index (χ2n) is 6.95. The Morgan fingerprint density at radius 3 is 2.44 bits per heavy atom. The van der Waals surface area contributed by atoms with E-state index in [9.17, 15) is 9.59 Å². The van der Waals surface area contributed by atoms with Gasteiger partial charge in [0.15, 0.2) is 6.54 Å². The number of nitrogens with two attached hydrogens (primary N) is 1. The predicted octanol–water partition coefficient (Wildman–Crippen LogP) is -0.231. The van der Waals surface area contributed by atoms with Crippen LogP contribution in [-0.2, 0) is 9.59 Å². The van der Waals surface area contributed by atoms with Crippen molar-refractivity contribution in [1.82, 2.24) is 4.90 Å². The fourth-order valence-electron chi connectivity index (χ4n) is 3.67. The molecule has 2 amide bonds. The number of halogens is 1. The summed E-state index contributed by atoms with van der Waals surface area (Å²) in [6.07, 6.45) is 1.39. The Labute approximate surface area is 153 Å². The number of anilines is 1. The summed E-state index contributed by atoms with van der Waals surface area (Å²) in [5.74, 6) is -0.123. The van der Waals surface area contributed by atoms with Crippen LogP contribution in [0.5, 0.6) is 0 Å². The van der Waals surface area contributed by atoms with Gasteiger partial charge in [0.2, 0.25) is 5.91 Å². The van der Waals surface area contributed by atoms with E-state index in [1.165, 1.54) is 4.90 Å². The van der Waals surface area contributed by atoms with Crippen LogP contribution in [0.25, 0.3) is 0 Å². The van der Waals surface area contributed by atoms with E-state index in [1.54, 1.807) is 0 Å². The first-order valence-electron chi connectivity index (χ1n) is 8.94. The average molecular weight is 366 g/mol. The molecule has 25 heavy (non-hydrogen) atoms. The van der Waals surface area contributed by atoms with Crippen molar-refractivity contribution in [3.8, 4) is 0 Å². The quantitative estimate of drug-likeness (QED) is 0.774. The van der Waals surface area contributed by atoms with Crippen molar-refractivity contribution in [3.05, 3.63) is 29.3 Å². The number of nitrogens with zero attached hydrogens (tertiary/aromatic N) is 2. The lowest BCUT2D eigenvalue weighted by molar-refractivity contribution is -0.892. The minimum absolute atomic E-state index is 0.0716. The Hall–Kier alpha value is -1.79. The fourth-order valence-corrected chi connectivity index (χ4v) is 3.85. The Kier molecular flexibility index (Phi) is 5.81. The summed E-state index contributed by atoms with van der Waals surface area (Å²) in [4.78, 5) is 29.2. The molecule has 2 heterocycles. The average Bonchev–Trinajstić information content (AvgIpc) is 2.62. The first kappa shape index (κ1) is 18.0. The number of likely N-dealkylation sites (tertiary alicyclic amines) is 1. The molecular formula is C18H26ClN4O2+. The smallest absolute Gasteiger partial charge is 0.277 e. The second kappa shape index (κ2) is 8.06. The van der Waals surface area contributed by atoms with Gasteiger partial charge in [-0.1, -0.05) is 17.7 Å². The molecule has 0 atom stereocenters. The van der Waals surface area contributed by atoms with Crippen LogP contribution < -0.4 is 15.5 Å². The maximum absolute atomic E-state index is 12.5. The molecule has 0 bridgehead atoms. The molecule has 3 N–H and O–H groups in total. The van der Waals surface area contributed by atoms with Crippen molar-refractivity contribution in [2.75, 3.05) is 50.7 Å². The van der Waals surface area contributed by atoms with Gasteiger partial charge in [-0.2, -0.15) is 0 Å². The van der Waals surface area contributed by atoms with Gasteiger partial charge < -0.3 is 20.4 Å². The lowest BCUT2D eigenvalue weighted by atomic mass is 9.96. The molecule has 0 radical (unpaired) electrons.